The third-order valence-electron chi connectivity index (χ3n) is 6.51. The van der Waals surface area contributed by atoms with E-state index in [-0.39, 0.29) is 17.8 Å². The molecule has 5 nitrogen and oxygen atoms in total. The molecule has 1 aliphatic rings. The van der Waals surface area contributed by atoms with Gasteiger partial charge in [0, 0.05) is 12.1 Å². The number of nitrogens with zero attached hydrogens (tertiary/aromatic N) is 2. The molecule has 1 fully saturated rings. The van der Waals surface area contributed by atoms with E-state index < -0.39 is 8.32 Å². The van der Waals surface area contributed by atoms with E-state index in [9.17, 15) is 4.79 Å². The number of aromatic nitrogens is 2. The highest BCUT2D eigenvalue weighted by atomic mass is 28.4. The highest BCUT2D eigenvalue weighted by molar-refractivity contribution is 6.77. The number of methoxy groups -OCH3 is 1. The number of rotatable bonds is 8. The Morgan fingerprint density at radius 1 is 1.11 bits per heavy atom. The van der Waals surface area contributed by atoms with E-state index in [1.165, 1.54) is 7.11 Å². The van der Waals surface area contributed by atoms with Gasteiger partial charge in [0.05, 0.1) is 25.3 Å². The van der Waals surface area contributed by atoms with Crippen molar-refractivity contribution in [1.29, 1.82) is 0 Å². The molecule has 1 aliphatic carbocycles. The molecule has 0 amide bonds. The summed E-state index contributed by atoms with van der Waals surface area (Å²) in [5, 5.41) is 0. The summed E-state index contributed by atoms with van der Waals surface area (Å²) in [4.78, 5) is 21.6. The van der Waals surface area contributed by atoms with Crippen LogP contribution in [0.15, 0.2) is 12.3 Å². The maximum absolute atomic E-state index is 12.2. The van der Waals surface area contributed by atoms with Crippen molar-refractivity contribution in [2.75, 3.05) is 7.11 Å². The summed E-state index contributed by atoms with van der Waals surface area (Å²) in [6, 6.07) is 1.94. The summed E-state index contributed by atoms with van der Waals surface area (Å²) in [6.07, 6.45) is 5.77. The molecule has 0 N–H and O–H groups in total. The number of ether oxygens (including phenoxy) is 1. The van der Waals surface area contributed by atoms with E-state index in [1.54, 1.807) is 0 Å². The minimum absolute atomic E-state index is 0.0449. The first-order valence-electron chi connectivity index (χ1n) is 10.8. The molecule has 2 rings (SSSR count). The Morgan fingerprint density at radius 2 is 1.71 bits per heavy atom. The SMILES string of the molecule is COC(=O)[C@@H]1CCCC[C@H]1c1nccc(CO[Si](C(C)C)(C(C)C)C(C)C)n1. The maximum atomic E-state index is 12.2. The van der Waals surface area contributed by atoms with Gasteiger partial charge < -0.3 is 9.16 Å². The van der Waals surface area contributed by atoms with Gasteiger partial charge in [-0.3, -0.25) is 4.79 Å². The lowest BCUT2D eigenvalue weighted by molar-refractivity contribution is -0.147. The second kappa shape index (κ2) is 9.97. The average molecular weight is 407 g/mol. The number of hydrogen-bond acceptors (Lipinski definition) is 5. The lowest BCUT2D eigenvalue weighted by Crippen LogP contribution is -2.47. The smallest absolute Gasteiger partial charge is 0.309 e. The largest absolute Gasteiger partial charge is 0.469 e. The monoisotopic (exact) mass is 406 g/mol. The second-order valence-corrected chi connectivity index (χ2v) is 14.5. The Kier molecular flexibility index (Phi) is 8.19. The summed E-state index contributed by atoms with van der Waals surface area (Å²) < 4.78 is 11.7. The van der Waals surface area contributed by atoms with E-state index in [4.69, 9.17) is 14.1 Å². The van der Waals surface area contributed by atoms with Crippen LogP contribution in [0.2, 0.25) is 16.6 Å². The first kappa shape index (κ1) is 23.0. The highest BCUT2D eigenvalue weighted by Crippen LogP contribution is 2.43. The van der Waals surface area contributed by atoms with E-state index in [0.29, 0.717) is 23.2 Å². The van der Waals surface area contributed by atoms with Gasteiger partial charge in [-0.05, 0) is 35.5 Å². The topological polar surface area (TPSA) is 61.3 Å². The first-order valence-corrected chi connectivity index (χ1v) is 12.9. The fraction of sp³-hybridized carbons (Fsp3) is 0.773. The summed E-state index contributed by atoms with van der Waals surface area (Å²) in [5.74, 6) is 0.539. The summed E-state index contributed by atoms with van der Waals surface area (Å²) in [7, 11) is -0.474. The average Bonchev–Trinajstić information content (AvgIpc) is 2.67. The van der Waals surface area contributed by atoms with Crippen LogP contribution in [0.5, 0.6) is 0 Å². The van der Waals surface area contributed by atoms with Crippen LogP contribution in [0, 0.1) is 5.92 Å². The molecule has 1 heterocycles. The van der Waals surface area contributed by atoms with Crippen LogP contribution in [-0.4, -0.2) is 31.4 Å². The fourth-order valence-electron chi connectivity index (χ4n) is 5.24. The minimum Gasteiger partial charge on any atom is -0.469 e. The molecule has 0 aromatic carbocycles. The van der Waals surface area contributed by atoms with Crippen LogP contribution < -0.4 is 0 Å². The van der Waals surface area contributed by atoms with Gasteiger partial charge in [-0.1, -0.05) is 54.4 Å². The predicted molar refractivity (Wildman–Crippen MR) is 115 cm³/mol. The normalized spacial score (nSPS) is 20.8. The lowest BCUT2D eigenvalue weighted by atomic mass is 9.78. The van der Waals surface area contributed by atoms with Crippen molar-refractivity contribution in [3.63, 3.8) is 0 Å². The Balaban J connectivity index is 2.21. The van der Waals surface area contributed by atoms with E-state index >= 15 is 0 Å². The first-order chi connectivity index (χ1) is 13.2. The molecule has 0 unspecified atom stereocenters. The van der Waals surface area contributed by atoms with Crippen molar-refractivity contribution in [3.05, 3.63) is 23.8 Å². The summed E-state index contributed by atoms with van der Waals surface area (Å²) >= 11 is 0. The van der Waals surface area contributed by atoms with Gasteiger partial charge in [0.2, 0.25) is 8.32 Å². The van der Waals surface area contributed by atoms with Crippen LogP contribution in [-0.2, 0) is 20.6 Å². The van der Waals surface area contributed by atoms with Gasteiger partial charge in [-0.15, -0.1) is 0 Å². The molecule has 158 valence electrons. The number of carbonyl (C=O) groups is 1. The van der Waals surface area contributed by atoms with Crippen molar-refractivity contribution in [3.8, 4) is 0 Å². The third-order valence-corrected chi connectivity index (χ3v) is 12.6. The molecule has 1 saturated carbocycles. The molecule has 0 saturated heterocycles. The molecule has 0 bridgehead atoms. The van der Waals surface area contributed by atoms with Gasteiger partial charge in [0.25, 0.3) is 0 Å². The Morgan fingerprint density at radius 3 is 2.29 bits per heavy atom. The van der Waals surface area contributed by atoms with Crippen LogP contribution >= 0.6 is 0 Å². The molecular weight excluding hydrogens is 368 g/mol. The predicted octanol–water partition coefficient (Wildman–Crippen LogP) is 5.62. The number of hydrogen-bond donors (Lipinski definition) is 0. The van der Waals surface area contributed by atoms with Gasteiger partial charge in [-0.2, -0.15) is 0 Å². The third kappa shape index (κ3) is 4.82. The van der Waals surface area contributed by atoms with Crippen LogP contribution in [0.25, 0.3) is 0 Å². The Hall–Kier alpha value is -1.27. The van der Waals surface area contributed by atoms with Gasteiger partial charge in [0.1, 0.15) is 5.82 Å². The molecule has 28 heavy (non-hydrogen) atoms. The van der Waals surface area contributed by atoms with Crippen molar-refractivity contribution in [2.45, 2.75) is 96.4 Å². The molecule has 0 radical (unpaired) electrons. The van der Waals surface area contributed by atoms with Crippen LogP contribution in [0.4, 0.5) is 0 Å². The minimum atomic E-state index is -1.94. The molecule has 0 aliphatic heterocycles. The number of esters is 1. The molecule has 0 spiro atoms. The molecule has 2 atom stereocenters. The van der Waals surface area contributed by atoms with E-state index in [2.05, 4.69) is 46.5 Å². The fourth-order valence-corrected chi connectivity index (χ4v) is 10.6. The van der Waals surface area contributed by atoms with Crippen molar-refractivity contribution in [1.82, 2.24) is 9.97 Å². The van der Waals surface area contributed by atoms with Gasteiger partial charge in [0.15, 0.2) is 0 Å². The summed E-state index contributed by atoms with van der Waals surface area (Å²) in [6.45, 7) is 14.3. The molecule has 6 heteroatoms. The van der Waals surface area contributed by atoms with Crippen LogP contribution in [0.1, 0.15) is 84.7 Å². The zero-order chi connectivity index (χ0) is 20.9. The lowest BCUT2D eigenvalue weighted by Gasteiger charge is -2.42. The zero-order valence-electron chi connectivity index (χ0n) is 18.7. The quantitative estimate of drug-likeness (QED) is 0.414. The van der Waals surface area contributed by atoms with E-state index in [1.807, 2.05) is 12.3 Å². The molecule has 1 aromatic rings. The Labute approximate surface area is 171 Å². The number of carbonyl (C=O) groups excluding carboxylic acids is 1. The van der Waals surface area contributed by atoms with E-state index in [0.717, 1.165) is 37.2 Å². The molecular formula is C22H38N2O3Si. The van der Waals surface area contributed by atoms with Crippen molar-refractivity contribution in [2.24, 2.45) is 5.92 Å². The van der Waals surface area contributed by atoms with Gasteiger partial charge in [-0.25, -0.2) is 9.97 Å². The van der Waals surface area contributed by atoms with Crippen LogP contribution in [0.3, 0.4) is 0 Å². The van der Waals surface area contributed by atoms with Gasteiger partial charge >= 0.3 is 5.97 Å². The molecule has 1 aromatic heterocycles. The second-order valence-electron chi connectivity index (χ2n) is 9.03. The standard InChI is InChI=1S/C22H38N2O3Si/c1-15(2)28(16(3)4,17(5)6)27-14-18-12-13-23-21(24-18)19-10-8-9-11-20(19)22(25)26-7/h12-13,15-17,19-20H,8-11,14H2,1-7H3/t19-,20-/m1/s1. The maximum Gasteiger partial charge on any atom is 0.309 e. The zero-order valence-corrected chi connectivity index (χ0v) is 19.7. The van der Waals surface area contributed by atoms with Crippen molar-refractivity contribution >= 4 is 14.3 Å². The summed E-state index contributed by atoms with van der Waals surface area (Å²) in [5.41, 5.74) is 2.53. The Bertz CT molecular complexity index is 627. The highest BCUT2D eigenvalue weighted by Gasteiger charge is 2.45. The van der Waals surface area contributed by atoms with Crippen molar-refractivity contribution < 1.29 is 14.0 Å².